The van der Waals surface area contributed by atoms with Crippen molar-refractivity contribution >= 4 is 21.7 Å². The first-order chi connectivity index (χ1) is 8.33. The maximum absolute atomic E-state index is 11.7. The van der Waals surface area contributed by atoms with Gasteiger partial charge in [-0.15, -0.1) is 0 Å². The van der Waals surface area contributed by atoms with Gasteiger partial charge in [0.15, 0.2) is 0 Å². The highest BCUT2D eigenvalue weighted by Crippen LogP contribution is 2.24. The molecule has 0 amide bonds. The van der Waals surface area contributed by atoms with Crippen molar-refractivity contribution in [3.8, 4) is 5.75 Å². The molecule has 0 heterocycles. The topological polar surface area (TPSA) is 109 Å². The number of hydrogen-bond donors (Lipinski definition) is 3. The molecule has 0 radical (unpaired) electrons. The molecule has 0 saturated heterocycles. The van der Waals surface area contributed by atoms with Gasteiger partial charge in [0.05, 0.1) is 5.69 Å². The highest BCUT2D eigenvalue weighted by molar-refractivity contribution is 7.90. The van der Waals surface area contributed by atoms with E-state index in [4.69, 9.17) is 15.9 Å². The van der Waals surface area contributed by atoms with Crippen LogP contribution < -0.4 is 15.2 Å². The largest absolute Gasteiger partial charge is 0.484 e. The molecule has 0 fully saturated rings. The van der Waals surface area contributed by atoms with Gasteiger partial charge in [-0.1, -0.05) is 12.1 Å². The maximum atomic E-state index is 11.7. The quantitative estimate of drug-likeness (QED) is 0.508. The number of nitrogens with zero attached hydrogens (tertiary/aromatic N) is 1. The minimum atomic E-state index is -3.59. The standard InChI is InChI=1S/C10H16N4O3S/c1-14(2)18(15,16)13-8-5-3-4-6-9(8)17-7-10(11)12/h3-6,13H,7H2,1-2H3,(H3,11,12). The summed E-state index contributed by atoms with van der Waals surface area (Å²) in [5.41, 5.74) is 5.48. The van der Waals surface area contributed by atoms with Crippen LogP contribution in [0.2, 0.25) is 0 Å². The molecule has 0 saturated carbocycles. The summed E-state index contributed by atoms with van der Waals surface area (Å²) in [5.74, 6) is 0.179. The predicted molar refractivity (Wildman–Crippen MR) is 70.1 cm³/mol. The van der Waals surface area contributed by atoms with Crippen molar-refractivity contribution in [3.05, 3.63) is 24.3 Å². The molecule has 7 nitrogen and oxygen atoms in total. The number of benzene rings is 1. The Bertz CT molecular complexity index is 528. The van der Waals surface area contributed by atoms with Gasteiger partial charge in [-0.2, -0.15) is 12.7 Å². The smallest absolute Gasteiger partial charge is 0.301 e. The van der Waals surface area contributed by atoms with E-state index in [1.807, 2.05) is 0 Å². The van der Waals surface area contributed by atoms with Crippen LogP contribution in [0.4, 0.5) is 5.69 Å². The molecule has 1 aromatic carbocycles. The highest BCUT2D eigenvalue weighted by Gasteiger charge is 2.15. The number of nitrogens with one attached hydrogen (secondary N) is 2. The number of ether oxygens (including phenoxy) is 1. The number of nitrogens with two attached hydrogens (primary N) is 1. The van der Waals surface area contributed by atoms with Gasteiger partial charge < -0.3 is 10.5 Å². The van der Waals surface area contributed by atoms with Gasteiger partial charge in [0.2, 0.25) is 0 Å². The maximum Gasteiger partial charge on any atom is 0.301 e. The Hall–Kier alpha value is -1.80. The molecule has 0 unspecified atom stereocenters. The molecular formula is C10H16N4O3S. The minimum Gasteiger partial charge on any atom is -0.484 e. The van der Waals surface area contributed by atoms with Crippen LogP contribution in [0.5, 0.6) is 5.75 Å². The van der Waals surface area contributed by atoms with Gasteiger partial charge >= 0.3 is 10.2 Å². The third kappa shape index (κ3) is 3.90. The van der Waals surface area contributed by atoms with E-state index in [1.54, 1.807) is 24.3 Å². The first kappa shape index (κ1) is 14.3. The average molecular weight is 272 g/mol. The summed E-state index contributed by atoms with van der Waals surface area (Å²) in [6, 6.07) is 6.53. The van der Waals surface area contributed by atoms with Crippen molar-refractivity contribution in [2.24, 2.45) is 5.73 Å². The molecule has 18 heavy (non-hydrogen) atoms. The van der Waals surface area contributed by atoms with E-state index in [0.29, 0.717) is 11.4 Å². The van der Waals surface area contributed by atoms with Gasteiger partial charge in [0.25, 0.3) is 0 Å². The van der Waals surface area contributed by atoms with Crippen LogP contribution in [0.25, 0.3) is 0 Å². The fraction of sp³-hybridized carbons (Fsp3) is 0.300. The average Bonchev–Trinajstić information content (AvgIpc) is 2.27. The molecule has 8 heteroatoms. The molecule has 4 N–H and O–H groups in total. The van der Waals surface area contributed by atoms with Crippen LogP contribution >= 0.6 is 0 Å². The SMILES string of the molecule is CN(C)S(=O)(=O)Nc1ccccc1OCC(=N)N. The molecule has 100 valence electrons. The van der Waals surface area contributed by atoms with Crippen molar-refractivity contribution in [3.63, 3.8) is 0 Å². The minimum absolute atomic E-state index is 0.0965. The van der Waals surface area contributed by atoms with E-state index >= 15 is 0 Å². The van der Waals surface area contributed by atoms with Crippen molar-refractivity contribution in [2.75, 3.05) is 25.4 Å². The van der Waals surface area contributed by atoms with Gasteiger partial charge in [0, 0.05) is 14.1 Å². The van der Waals surface area contributed by atoms with Crippen LogP contribution in [0.1, 0.15) is 0 Å². The van der Waals surface area contributed by atoms with Crippen molar-refractivity contribution in [1.82, 2.24) is 4.31 Å². The molecule has 0 bridgehead atoms. The number of anilines is 1. The first-order valence-corrected chi connectivity index (χ1v) is 6.52. The summed E-state index contributed by atoms with van der Waals surface area (Å²) in [7, 11) is -0.758. The summed E-state index contributed by atoms with van der Waals surface area (Å²) in [6.45, 7) is -0.0965. The predicted octanol–water partition coefficient (Wildman–Crippen LogP) is 0.220. The van der Waals surface area contributed by atoms with Crippen LogP contribution in [0, 0.1) is 5.41 Å². The normalized spacial score (nSPS) is 11.3. The van der Waals surface area contributed by atoms with Gasteiger partial charge in [-0.25, -0.2) is 0 Å². The van der Waals surface area contributed by atoms with Crippen molar-refractivity contribution in [1.29, 1.82) is 5.41 Å². The lowest BCUT2D eigenvalue weighted by Crippen LogP contribution is -2.29. The van der Waals surface area contributed by atoms with E-state index in [-0.39, 0.29) is 12.4 Å². The molecule has 0 aliphatic heterocycles. The Balaban J connectivity index is 2.92. The second-order valence-electron chi connectivity index (χ2n) is 3.70. The van der Waals surface area contributed by atoms with E-state index in [2.05, 4.69) is 4.72 Å². The van der Waals surface area contributed by atoms with E-state index in [1.165, 1.54) is 14.1 Å². The molecule has 0 atom stereocenters. The van der Waals surface area contributed by atoms with Crippen LogP contribution in [0.3, 0.4) is 0 Å². The molecular weight excluding hydrogens is 256 g/mol. The summed E-state index contributed by atoms with van der Waals surface area (Å²) < 4.78 is 32.0. The number of rotatable bonds is 6. The number of amidine groups is 1. The fourth-order valence-electron chi connectivity index (χ4n) is 1.06. The third-order valence-electron chi connectivity index (χ3n) is 1.99. The van der Waals surface area contributed by atoms with Crippen molar-refractivity contribution in [2.45, 2.75) is 0 Å². The summed E-state index contributed by atoms with van der Waals surface area (Å²) in [4.78, 5) is 0. The van der Waals surface area contributed by atoms with Crippen LogP contribution in [-0.4, -0.2) is 39.3 Å². The molecule has 1 rings (SSSR count). The summed E-state index contributed by atoms with van der Waals surface area (Å²) in [6.07, 6.45) is 0. The Labute approximate surface area is 106 Å². The second-order valence-corrected chi connectivity index (χ2v) is 5.58. The monoisotopic (exact) mass is 272 g/mol. The van der Waals surface area contributed by atoms with E-state index in [9.17, 15) is 8.42 Å². The van der Waals surface area contributed by atoms with Crippen LogP contribution in [-0.2, 0) is 10.2 Å². The Morgan fingerprint density at radius 3 is 2.61 bits per heavy atom. The molecule has 0 aliphatic rings. The molecule has 1 aromatic rings. The Morgan fingerprint density at radius 1 is 1.44 bits per heavy atom. The molecule has 0 spiro atoms. The summed E-state index contributed by atoms with van der Waals surface area (Å²) in [5, 5.41) is 7.07. The Morgan fingerprint density at radius 2 is 2.06 bits per heavy atom. The molecule has 0 aromatic heterocycles. The van der Waals surface area contributed by atoms with E-state index < -0.39 is 10.2 Å². The van der Waals surface area contributed by atoms with Gasteiger partial charge in [-0.3, -0.25) is 10.1 Å². The zero-order chi connectivity index (χ0) is 13.8. The number of para-hydroxylation sites is 2. The first-order valence-electron chi connectivity index (χ1n) is 5.08. The van der Waals surface area contributed by atoms with Crippen LogP contribution in [0.15, 0.2) is 24.3 Å². The third-order valence-corrected chi connectivity index (χ3v) is 3.43. The van der Waals surface area contributed by atoms with Crippen molar-refractivity contribution < 1.29 is 13.2 Å². The summed E-state index contributed by atoms with van der Waals surface area (Å²) >= 11 is 0. The lowest BCUT2D eigenvalue weighted by Gasteiger charge is -2.16. The lowest BCUT2D eigenvalue weighted by molar-refractivity contribution is 0.376. The van der Waals surface area contributed by atoms with Gasteiger partial charge in [-0.05, 0) is 12.1 Å². The zero-order valence-electron chi connectivity index (χ0n) is 10.2. The Kier molecular flexibility index (Phi) is 4.51. The highest BCUT2D eigenvalue weighted by atomic mass is 32.2. The fourth-order valence-corrected chi connectivity index (χ4v) is 1.69. The van der Waals surface area contributed by atoms with Gasteiger partial charge in [0.1, 0.15) is 18.2 Å². The van der Waals surface area contributed by atoms with E-state index in [0.717, 1.165) is 4.31 Å². The lowest BCUT2D eigenvalue weighted by atomic mass is 10.3. The number of hydrogen-bond acceptors (Lipinski definition) is 4. The second kappa shape index (κ2) is 5.69. The zero-order valence-corrected chi connectivity index (χ0v) is 11.0. The molecule has 0 aliphatic carbocycles.